The minimum atomic E-state index is -0.740. The highest BCUT2D eigenvalue weighted by Gasteiger charge is 2.35. The van der Waals surface area contributed by atoms with Crippen molar-refractivity contribution in [1.82, 2.24) is 10.2 Å². The second kappa shape index (κ2) is 7.79. The lowest BCUT2D eigenvalue weighted by Crippen LogP contribution is -2.55. The maximum absolute atomic E-state index is 12.6. The van der Waals surface area contributed by atoms with Crippen molar-refractivity contribution in [2.24, 2.45) is 11.8 Å². The molecule has 2 rings (SSSR count). The summed E-state index contributed by atoms with van der Waals surface area (Å²) in [5.41, 5.74) is 0. The number of nitrogens with one attached hydrogen (secondary N) is 1. The molecule has 6 nitrogen and oxygen atoms in total. The summed E-state index contributed by atoms with van der Waals surface area (Å²) in [6.45, 7) is 4.37. The Bertz CT molecular complexity index is 456. The number of aliphatic carboxylic acids is 1. The normalized spacial score (nSPS) is 28.5. The molecule has 1 aliphatic heterocycles. The number of hydrogen-bond acceptors (Lipinski definition) is 3. The second-order valence-electron chi connectivity index (χ2n) is 7.09. The van der Waals surface area contributed by atoms with Crippen LogP contribution >= 0.6 is 0 Å². The standard InChI is InChI=1S/C17H28N2O4/c1-11(2)16(21)19-10-4-3-5-14(19)15(20)18-13-8-6-12(7-9-13)17(22)23/h11-14H,3-10H2,1-2H3,(H,18,20)(H,22,23). The third kappa shape index (κ3) is 4.45. The van der Waals surface area contributed by atoms with Crippen LogP contribution in [0.5, 0.6) is 0 Å². The molecule has 23 heavy (non-hydrogen) atoms. The summed E-state index contributed by atoms with van der Waals surface area (Å²) in [5.74, 6) is -1.15. The van der Waals surface area contributed by atoms with Crippen LogP contribution in [0.1, 0.15) is 58.8 Å². The van der Waals surface area contributed by atoms with E-state index >= 15 is 0 Å². The minimum absolute atomic E-state index is 0.0380. The van der Waals surface area contributed by atoms with Gasteiger partial charge in [-0.1, -0.05) is 13.8 Å². The van der Waals surface area contributed by atoms with E-state index in [0.717, 1.165) is 19.3 Å². The number of piperidine rings is 1. The van der Waals surface area contributed by atoms with Gasteiger partial charge in [0.1, 0.15) is 6.04 Å². The molecule has 1 saturated heterocycles. The molecule has 1 saturated carbocycles. The van der Waals surface area contributed by atoms with Crippen LogP contribution in [-0.4, -0.2) is 46.4 Å². The average Bonchev–Trinajstić information content (AvgIpc) is 2.54. The molecule has 0 radical (unpaired) electrons. The maximum Gasteiger partial charge on any atom is 0.306 e. The molecule has 0 aromatic rings. The van der Waals surface area contributed by atoms with Gasteiger partial charge in [0.25, 0.3) is 0 Å². The number of carboxylic acids is 1. The summed E-state index contributed by atoms with van der Waals surface area (Å²) in [5, 5.41) is 12.1. The van der Waals surface area contributed by atoms with E-state index in [1.807, 2.05) is 13.8 Å². The van der Waals surface area contributed by atoms with E-state index in [9.17, 15) is 14.4 Å². The number of carbonyl (C=O) groups is 3. The Morgan fingerprint density at radius 1 is 1.04 bits per heavy atom. The molecule has 0 aromatic carbocycles. The summed E-state index contributed by atoms with van der Waals surface area (Å²) in [4.78, 5) is 37.6. The second-order valence-corrected chi connectivity index (χ2v) is 7.09. The molecule has 2 amide bonds. The lowest BCUT2D eigenvalue weighted by atomic mass is 9.86. The smallest absolute Gasteiger partial charge is 0.306 e. The number of carboxylic acid groups (broad SMARTS) is 1. The molecule has 0 bridgehead atoms. The van der Waals surface area contributed by atoms with E-state index in [1.54, 1.807) is 4.90 Å². The predicted octanol–water partition coefficient (Wildman–Crippen LogP) is 1.78. The van der Waals surface area contributed by atoms with Crippen molar-refractivity contribution >= 4 is 17.8 Å². The molecule has 0 aromatic heterocycles. The molecule has 1 aliphatic carbocycles. The van der Waals surface area contributed by atoms with Crippen molar-refractivity contribution in [3.63, 3.8) is 0 Å². The van der Waals surface area contributed by atoms with Gasteiger partial charge in [-0.05, 0) is 44.9 Å². The van der Waals surface area contributed by atoms with Crippen molar-refractivity contribution in [1.29, 1.82) is 0 Å². The van der Waals surface area contributed by atoms with E-state index in [0.29, 0.717) is 32.2 Å². The first-order valence-electron chi connectivity index (χ1n) is 8.73. The molecule has 1 atom stereocenters. The monoisotopic (exact) mass is 324 g/mol. The third-order valence-corrected chi connectivity index (χ3v) is 5.01. The summed E-state index contributed by atoms with van der Waals surface area (Å²) in [7, 11) is 0. The van der Waals surface area contributed by atoms with Gasteiger partial charge < -0.3 is 15.3 Å². The van der Waals surface area contributed by atoms with Crippen LogP contribution in [0.15, 0.2) is 0 Å². The third-order valence-electron chi connectivity index (χ3n) is 5.01. The van der Waals surface area contributed by atoms with E-state index in [-0.39, 0.29) is 35.7 Å². The lowest BCUT2D eigenvalue weighted by molar-refractivity contribution is -0.145. The highest BCUT2D eigenvalue weighted by molar-refractivity contribution is 5.88. The number of carbonyl (C=O) groups excluding carboxylic acids is 2. The van der Waals surface area contributed by atoms with Gasteiger partial charge in [0, 0.05) is 18.5 Å². The van der Waals surface area contributed by atoms with Crippen LogP contribution in [0.4, 0.5) is 0 Å². The predicted molar refractivity (Wildman–Crippen MR) is 85.7 cm³/mol. The fraction of sp³-hybridized carbons (Fsp3) is 0.824. The summed E-state index contributed by atoms with van der Waals surface area (Å²) >= 11 is 0. The van der Waals surface area contributed by atoms with Gasteiger partial charge in [0.15, 0.2) is 0 Å². The van der Waals surface area contributed by atoms with Gasteiger partial charge in [-0.3, -0.25) is 14.4 Å². The zero-order valence-electron chi connectivity index (χ0n) is 14.1. The first-order chi connectivity index (χ1) is 10.9. The quantitative estimate of drug-likeness (QED) is 0.825. The van der Waals surface area contributed by atoms with Crippen molar-refractivity contribution < 1.29 is 19.5 Å². The number of hydrogen-bond donors (Lipinski definition) is 2. The number of rotatable bonds is 4. The Kier molecular flexibility index (Phi) is 6.02. The number of nitrogens with zero attached hydrogens (tertiary/aromatic N) is 1. The lowest BCUT2D eigenvalue weighted by Gasteiger charge is -2.37. The van der Waals surface area contributed by atoms with Gasteiger partial charge >= 0.3 is 5.97 Å². The Hall–Kier alpha value is -1.59. The van der Waals surface area contributed by atoms with Crippen LogP contribution in [0, 0.1) is 11.8 Å². The van der Waals surface area contributed by atoms with Gasteiger partial charge in [-0.2, -0.15) is 0 Å². The molecular formula is C17H28N2O4. The van der Waals surface area contributed by atoms with Gasteiger partial charge in [0.05, 0.1) is 5.92 Å². The Labute approximate surface area is 137 Å². The first-order valence-corrected chi connectivity index (χ1v) is 8.73. The average molecular weight is 324 g/mol. The molecule has 2 aliphatic rings. The molecular weight excluding hydrogens is 296 g/mol. The number of amides is 2. The molecule has 0 spiro atoms. The van der Waals surface area contributed by atoms with Crippen molar-refractivity contribution in [3.05, 3.63) is 0 Å². The Morgan fingerprint density at radius 2 is 1.70 bits per heavy atom. The zero-order valence-corrected chi connectivity index (χ0v) is 14.1. The van der Waals surface area contributed by atoms with Crippen LogP contribution in [0.3, 0.4) is 0 Å². The van der Waals surface area contributed by atoms with E-state index in [4.69, 9.17) is 5.11 Å². The molecule has 2 fully saturated rings. The van der Waals surface area contributed by atoms with Crippen LogP contribution < -0.4 is 5.32 Å². The molecule has 1 unspecified atom stereocenters. The fourth-order valence-corrected chi connectivity index (χ4v) is 3.58. The minimum Gasteiger partial charge on any atom is -0.481 e. The summed E-state index contributed by atoms with van der Waals surface area (Å²) < 4.78 is 0. The van der Waals surface area contributed by atoms with Gasteiger partial charge in [0.2, 0.25) is 11.8 Å². The fourth-order valence-electron chi connectivity index (χ4n) is 3.58. The largest absolute Gasteiger partial charge is 0.481 e. The topological polar surface area (TPSA) is 86.7 Å². The first kappa shape index (κ1) is 17.8. The van der Waals surface area contributed by atoms with Crippen molar-refractivity contribution in [2.45, 2.75) is 70.9 Å². The van der Waals surface area contributed by atoms with Gasteiger partial charge in [-0.15, -0.1) is 0 Å². The van der Waals surface area contributed by atoms with E-state index in [1.165, 1.54) is 0 Å². The van der Waals surface area contributed by atoms with Crippen molar-refractivity contribution in [2.75, 3.05) is 6.54 Å². The molecule has 6 heteroatoms. The van der Waals surface area contributed by atoms with E-state index in [2.05, 4.69) is 5.32 Å². The summed E-state index contributed by atoms with van der Waals surface area (Å²) in [6.07, 6.45) is 5.26. The highest BCUT2D eigenvalue weighted by atomic mass is 16.4. The van der Waals surface area contributed by atoms with E-state index < -0.39 is 5.97 Å². The highest BCUT2D eigenvalue weighted by Crippen LogP contribution is 2.25. The maximum atomic E-state index is 12.6. The van der Waals surface area contributed by atoms with Crippen LogP contribution in [-0.2, 0) is 14.4 Å². The SMILES string of the molecule is CC(C)C(=O)N1CCCCC1C(=O)NC1CCC(C(=O)O)CC1. The van der Waals surface area contributed by atoms with Gasteiger partial charge in [-0.25, -0.2) is 0 Å². The van der Waals surface area contributed by atoms with Crippen LogP contribution in [0.2, 0.25) is 0 Å². The number of likely N-dealkylation sites (tertiary alicyclic amines) is 1. The summed E-state index contributed by atoms with van der Waals surface area (Å²) in [6, 6.07) is -0.327. The molecule has 130 valence electrons. The van der Waals surface area contributed by atoms with Crippen molar-refractivity contribution in [3.8, 4) is 0 Å². The van der Waals surface area contributed by atoms with Crippen LogP contribution in [0.25, 0.3) is 0 Å². The Balaban J connectivity index is 1.91. The molecule has 2 N–H and O–H groups in total. The zero-order chi connectivity index (χ0) is 17.0. The molecule has 1 heterocycles. The Morgan fingerprint density at radius 3 is 2.26 bits per heavy atom.